The SMILES string of the molecule is c1ccc(-c2ccc(-c3ccccc3)c3c2Sc2ccccc2C32c3ccccc3Sc3cccc(-c4ccc5c(c4)c4ccccc4n5-c4ccccc4)c32)cc1. The van der Waals surface area contributed by atoms with Gasteiger partial charge in [0.2, 0.25) is 0 Å². The minimum absolute atomic E-state index is 0.631. The number of benzene rings is 9. The van der Waals surface area contributed by atoms with Crippen molar-refractivity contribution in [3.05, 3.63) is 235 Å². The van der Waals surface area contributed by atoms with Gasteiger partial charge in [-0.1, -0.05) is 187 Å². The van der Waals surface area contributed by atoms with Crippen molar-refractivity contribution in [2.75, 3.05) is 0 Å². The molecule has 0 radical (unpaired) electrons. The Labute approximate surface area is 346 Å². The summed E-state index contributed by atoms with van der Waals surface area (Å²) in [6.07, 6.45) is 0. The molecule has 3 heterocycles. The molecule has 1 unspecified atom stereocenters. The molecule has 3 heteroatoms. The van der Waals surface area contributed by atoms with Crippen LogP contribution in [-0.2, 0) is 5.41 Å². The van der Waals surface area contributed by atoms with Gasteiger partial charge in [0.25, 0.3) is 0 Å². The fraction of sp³-hybridized carbons (Fsp3) is 0.0182. The number of fused-ring (bicyclic) bond motifs is 11. The highest BCUT2D eigenvalue weighted by atomic mass is 32.2. The molecule has 0 saturated heterocycles. The fourth-order valence-electron chi connectivity index (χ4n) is 9.77. The Kier molecular flexibility index (Phi) is 7.69. The molecule has 0 bridgehead atoms. The molecule has 2 aliphatic rings. The number of nitrogens with zero attached hydrogens (tertiary/aromatic N) is 1. The van der Waals surface area contributed by atoms with Gasteiger partial charge in [-0.15, -0.1) is 0 Å². The molecule has 0 aliphatic carbocycles. The van der Waals surface area contributed by atoms with Gasteiger partial charge in [-0.2, -0.15) is 0 Å². The lowest BCUT2D eigenvalue weighted by Gasteiger charge is -2.48. The first-order valence-corrected chi connectivity index (χ1v) is 21.5. The minimum atomic E-state index is -0.631. The average Bonchev–Trinajstić information content (AvgIpc) is 3.63. The summed E-state index contributed by atoms with van der Waals surface area (Å²) in [4.78, 5) is 5.20. The van der Waals surface area contributed by atoms with E-state index in [9.17, 15) is 0 Å². The van der Waals surface area contributed by atoms with E-state index in [2.05, 4.69) is 217 Å². The van der Waals surface area contributed by atoms with E-state index in [0.29, 0.717) is 0 Å². The number of rotatable bonds is 4. The van der Waals surface area contributed by atoms with Crippen molar-refractivity contribution in [2.24, 2.45) is 0 Å². The molecular formula is C55H35NS2. The highest BCUT2D eigenvalue weighted by Crippen LogP contribution is 2.66. The minimum Gasteiger partial charge on any atom is -0.309 e. The third kappa shape index (κ3) is 4.87. The average molecular weight is 774 g/mol. The predicted octanol–water partition coefficient (Wildman–Crippen LogP) is 15.1. The first-order valence-electron chi connectivity index (χ1n) is 19.8. The maximum absolute atomic E-state index is 2.45. The van der Waals surface area contributed by atoms with Crippen LogP contribution in [0.3, 0.4) is 0 Å². The van der Waals surface area contributed by atoms with Gasteiger partial charge in [0.15, 0.2) is 0 Å². The number of hydrogen-bond acceptors (Lipinski definition) is 2. The molecule has 1 aromatic heterocycles. The third-order valence-electron chi connectivity index (χ3n) is 12.1. The van der Waals surface area contributed by atoms with E-state index < -0.39 is 5.41 Å². The van der Waals surface area contributed by atoms with Crippen molar-refractivity contribution in [1.29, 1.82) is 0 Å². The van der Waals surface area contributed by atoms with Crippen LogP contribution in [-0.4, -0.2) is 4.57 Å². The topological polar surface area (TPSA) is 4.93 Å². The molecule has 0 N–H and O–H groups in total. The molecule has 12 rings (SSSR count). The first-order chi connectivity index (χ1) is 28.8. The van der Waals surface area contributed by atoms with Crippen molar-refractivity contribution in [2.45, 2.75) is 25.0 Å². The van der Waals surface area contributed by atoms with Gasteiger partial charge in [-0.25, -0.2) is 0 Å². The van der Waals surface area contributed by atoms with Gasteiger partial charge in [-0.05, 0) is 104 Å². The Morgan fingerprint density at radius 2 is 0.897 bits per heavy atom. The maximum atomic E-state index is 2.45. The second kappa shape index (κ2) is 13.3. The van der Waals surface area contributed by atoms with Gasteiger partial charge in [0.05, 0.1) is 16.4 Å². The summed E-state index contributed by atoms with van der Waals surface area (Å²) < 4.78 is 2.41. The third-order valence-corrected chi connectivity index (χ3v) is 14.5. The maximum Gasteiger partial charge on any atom is 0.0757 e. The molecule has 0 saturated carbocycles. The fourth-order valence-corrected chi connectivity index (χ4v) is 12.4. The molecule has 9 aromatic carbocycles. The zero-order valence-electron chi connectivity index (χ0n) is 31.5. The summed E-state index contributed by atoms with van der Waals surface area (Å²) in [5, 5.41) is 2.51. The van der Waals surface area contributed by atoms with Crippen molar-refractivity contribution in [1.82, 2.24) is 4.57 Å². The van der Waals surface area contributed by atoms with E-state index in [-0.39, 0.29) is 0 Å². The van der Waals surface area contributed by atoms with Crippen LogP contribution in [0, 0.1) is 0 Å². The van der Waals surface area contributed by atoms with Crippen LogP contribution in [0.2, 0.25) is 0 Å². The summed E-state index contributed by atoms with van der Waals surface area (Å²) in [5.41, 5.74) is 15.8. The van der Waals surface area contributed by atoms with Crippen molar-refractivity contribution in [3.63, 3.8) is 0 Å². The Bertz CT molecular complexity index is 3210. The van der Waals surface area contributed by atoms with Gasteiger partial charge in [-0.3, -0.25) is 0 Å². The van der Waals surface area contributed by atoms with E-state index in [0.717, 1.165) is 0 Å². The standard InChI is InChI=1S/C55H35NS2/c1-4-17-36(18-5-1)41-32-33-42(37-19-6-2-7-20-37)54-53(41)55(46-26-12-15-29-50(46)58-54)45-25-11-14-28-49(45)57-51-30-16-24-40(52(51)55)38-31-34-48-44(35-38)43-23-10-13-27-47(43)56(48)39-21-8-3-9-22-39/h1-35H. The highest BCUT2D eigenvalue weighted by Gasteiger charge is 2.51. The summed E-state index contributed by atoms with van der Waals surface area (Å²) in [7, 11) is 0. The lowest BCUT2D eigenvalue weighted by Crippen LogP contribution is -2.38. The molecule has 1 nitrogen and oxygen atoms in total. The second-order valence-electron chi connectivity index (χ2n) is 15.1. The van der Waals surface area contributed by atoms with Crippen LogP contribution in [0.1, 0.15) is 22.3 Å². The number of hydrogen-bond donors (Lipinski definition) is 0. The molecular weight excluding hydrogens is 739 g/mol. The van der Waals surface area contributed by atoms with Crippen LogP contribution >= 0.6 is 23.5 Å². The summed E-state index contributed by atoms with van der Waals surface area (Å²) in [6.45, 7) is 0. The van der Waals surface area contributed by atoms with E-state index in [4.69, 9.17) is 0 Å². The van der Waals surface area contributed by atoms with Crippen LogP contribution in [0.15, 0.2) is 232 Å². The second-order valence-corrected chi connectivity index (χ2v) is 17.3. The number of aromatic nitrogens is 1. The van der Waals surface area contributed by atoms with Crippen LogP contribution in [0.25, 0.3) is 60.9 Å². The quantitative estimate of drug-likeness (QED) is 0.175. The van der Waals surface area contributed by atoms with Crippen LogP contribution in [0.4, 0.5) is 0 Å². The lowest BCUT2D eigenvalue weighted by molar-refractivity contribution is 0.671. The summed E-state index contributed by atoms with van der Waals surface area (Å²) in [5.74, 6) is 0. The summed E-state index contributed by atoms with van der Waals surface area (Å²) in [6, 6.07) is 78.9. The monoisotopic (exact) mass is 773 g/mol. The van der Waals surface area contributed by atoms with E-state index >= 15 is 0 Å². The molecule has 0 fully saturated rings. The Hall–Kier alpha value is -6.52. The molecule has 1 spiro atoms. The highest BCUT2D eigenvalue weighted by molar-refractivity contribution is 8.00. The largest absolute Gasteiger partial charge is 0.309 e. The Morgan fingerprint density at radius 1 is 0.345 bits per heavy atom. The van der Waals surface area contributed by atoms with E-state index in [1.54, 1.807) is 0 Å². The molecule has 0 amide bonds. The Morgan fingerprint density at radius 3 is 1.64 bits per heavy atom. The first kappa shape index (κ1) is 33.6. The van der Waals surface area contributed by atoms with E-state index in [1.165, 1.54) is 103 Å². The van der Waals surface area contributed by atoms with Crippen LogP contribution < -0.4 is 0 Å². The normalized spacial score (nSPS) is 15.2. The summed E-state index contributed by atoms with van der Waals surface area (Å²) >= 11 is 3.83. The lowest BCUT2D eigenvalue weighted by atomic mass is 9.61. The molecule has 10 aromatic rings. The van der Waals surface area contributed by atoms with Gasteiger partial charge < -0.3 is 4.57 Å². The number of para-hydroxylation sites is 2. The van der Waals surface area contributed by atoms with Crippen molar-refractivity contribution in [3.8, 4) is 39.1 Å². The smallest absolute Gasteiger partial charge is 0.0757 e. The predicted molar refractivity (Wildman–Crippen MR) is 244 cm³/mol. The zero-order chi connectivity index (χ0) is 38.2. The van der Waals surface area contributed by atoms with E-state index in [1.807, 2.05) is 23.5 Å². The van der Waals surface area contributed by atoms with Gasteiger partial charge in [0, 0.05) is 36.0 Å². The zero-order valence-corrected chi connectivity index (χ0v) is 33.1. The molecule has 58 heavy (non-hydrogen) atoms. The Balaban J connectivity index is 1.23. The molecule has 272 valence electrons. The molecule has 2 aliphatic heterocycles. The van der Waals surface area contributed by atoms with Gasteiger partial charge in [0.1, 0.15) is 0 Å². The van der Waals surface area contributed by atoms with Crippen molar-refractivity contribution >= 4 is 45.3 Å². The van der Waals surface area contributed by atoms with Crippen LogP contribution in [0.5, 0.6) is 0 Å². The molecule has 1 atom stereocenters. The van der Waals surface area contributed by atoms with Crippen molar-refractivity contribution < 1.29 is 0 Å². The van der Waals surface area contributed by atoms with Gasteiger partial charge >= 0.3 is 0 Å².